The molecule has 4 aliphatic rings. The number of halogens is 2. The summed E-state index contributed by atoms with van der Waals surface area (Å²) in [5.41, 5.74) is 9.68. The second-order valence-electron chi connectivity index (χ2n) is 23.5. The van der Waals surface area contributed by atoms with Crippen molar-refractivity contribution in [3.05, 3.63) is 105 Å². The number of carbonyl (C=O) groups is 5. The Labute approximate surface area is 536 Å². The van der Waals surface area contributed by atoms with Crippen molar-refractivity contribution in [2.24, 2.45) is 17.6 Å². The van der Waals surface area contributed by atoms with Crippen LogP contribution in [0.5, 0.6) is 0 Å². The number of piperidine rings is 2. The molecule has 0 radical (unpaired) electrons. The summed E-state index contributed by atoms with van der Waals surface area (Å²) >= 11 is 12.4. The van der Waals surface area contributed by atoms with Gasteiger partial charge in [0.1, 0.15) is 35.5 Å². The van der Waals surface area contributed by atoms with E-state index in [9.17, 15) is 56.4 Å². The first kappa shape index (κ1) is 68.5. The molecule has 2 aromatic carbocycles. The number of amides is 3. The van der Waals surface area contributed by atoms with Gasteiger partial charge in [-0.05, 0) is 110 Å². The van der Waals surface area contributed by atoms with Gasteiger partial charge < -0.3 is 50.0 Å². The molecule has 3 amide bonds. The lowest BCUT2D eigenvalue weighted by molar-refractivity contribution is -0.147. The molecule has 6 aromatic rings. The fraction of sp³-hybridized carbons (Fsp3) is 0.475. The number of likely N-dealkylation sites (tertiary alicyclic amines) is 2. The number of aryl methyl sites for hydroxylation is 2. The molecule has 28 nitrogen and oxygen atoms in total. The number of nitriles is 2. The van der Waals surface area contributed by atoms with Crippen LogP contribution in [0.25, 0.3) is 11.3 Å². The molecule has 0 aliphatic carbocycles. The molecule has 0 saturated carbocycles. The molecule has 91 heavy (non-hydrogen) atoms. The summed E-state index contributed by atoms with van der Waals surface area (Å²) in [5.74, 6) is -0.907. The molecular weight excluding hydrogens is 1260 g/mol. The van der Waals surface area contributed by atoms with Crippen molar-refractivity contribution < 1.29 is 55.4 Å². The number of hydrogen-bond acceptors (Lipinski definition) is 21. The molecule has 0 bridgehead atoms. The number of β-amino-alcohol motifs (C(OH)–C–C–N with tert-alkyl or cyclic N) is 1. The summed E-state index contributed by atoms with van der Waals surface area (Å²) in [6.07, 6.45) is 9.19. The molecule has 4 fully saturated rings. The van der Waals surface area contributed by atoms with E-state index in [0.717, 1.165) is 49.3 Å². The Morgan fingerprint density at radius 1 is 0.725 bits per heavy atom. The molecule has 4 saturated heterocycles. The Balaban J connectivity index is 0.000000202. The van der Waals surface area contributed by atoms with Crippen molar-refractivity contribution in [2.75, 3.05) is 84.1 Å². The van der Waals surface area contributed by atoms with E-state index in [1.54, 1.807) is 39.6 Å². The zero-order valence-corrected chi connectivity index (χ0v) is 54.3. The smallest absolute Gasteiger partial charge is 0.408 e. The zero-order valence-electron chi connectivity index (χ0n) is 51.2. The molecule has 8 heterocycles. The number of nitrogens with one attached hydrogen (secondary N) is 3. The number of benzene rings is 2. The normalized spacial score (nSPS) is 20.1. The van der Waals surface area contributed by atoms with Crippen LogP contribution >= 0.6 is 23.2 Å². The predicted octanol–water partition coefficient (Wildman–Crippen LogP) is 5.72. The molecule has 6 N–H and O–H groups in total. The van der Waals surface area contributed by atoms with Gasteiger partial charge in [0.15, 0.2) is 11.3 Å². The highest BCUT2D eigenvalue weighted by molar-refractivity contribution is 7.92. The number of esters is 1. The number of carbonyl (C=O) groups excluding carboxylic acids is 5. The minimum atomic E-state index is -3.63. The number of aliphatic hydroxyl groups excluding tert-OH is 1. The Morgan fingerprint density at radius 3 is 1.60 bits per heavy atom. The molecule has 0 spiro atoms. The van der Waals surface area contributed by atoms with Gasteiger partial charge in [-0.1, -0.05) is 23.2 Å². The topological polar surface area (TPSA) is 375 Å². The van der Waals surface area contributed by atoms with Crippen molar-refractivity contribution in [3.63, 3.8) is 0 Å². The van der Waals surface area contributed by atoms with E-state index in [-0.39, 0.29) is 59.5 Å². The fourth-order valence-electron chi connectivity index (χ4n) is 11.2. The number of ether oxygens (including phenoxy) is 2. The first-order valence-corrected chi connectivity index (χ1v) is 33.7. The quantitative estimate of drug-likeness (QED) is 0.0643. The van der Waals surface area contributed by atoms with Crippen molar-refractivity contribution in [1.29, 1.82) is 10.5 Å². The highest BCUT2D eigenvalue weighted by Crippen LogP contribution is 2.38. The summed E-state index contributed by atoms with van der Waals surface area (Å²) in [7, 11) is -7.24. The van der Waals surface area contributed by atoms with Crippen LogP contribution in [0.3, 0.4) is 0 Å². The molecule has 0 unspecified atom stereocenters. The lowest BCUT2D eigenvalue weighted by Crippen LogP contribution is -2.39. The predicted molar refractivity (Wildman–Crippen MR) is 338 cm³/mol. The van der Waals surface area contributed by atoms with Crippen LogP contribution < -0.4 is 30.3 Å². The SMILES string of the molecule is CC(C)(C)OC(=O)NCC=O.Cc1cn2nc([C@@H]3CCCCN3C(=O)c3cc(Cl)ccc3NS(C)(=O)=O)cc2nc1N1C[C@@H](C#N)[C@@H](O)C1.Cc1cn2nc([C@@H]3CCCCN3C(=O)c3cc(Cl)ccc3NS(C)(=O)=O)cc2nc1N1C[C@@H](C#N)[C@@H](OC(=O)CN)C1. The molecule has 486 valence electrons. The zero-order chi connectivity index (χ0) is 66.3. The first-order chi connectivity index (χ1) is 43.0. The van der Waals surface area contributed by atoms with Gasteiger partial charge in [0.25, 0.3) is 11.8 Å². The van der Waals surface area contributed by atoms with Crippen LogP contribution in [0.1, 0.15) is 115 Å². The summed E-state index contributed by atoms with van der Waals surface area (Å²) in [4.78, 5) is 76.7. The number of nitrogens with zero attached hydrogens (tertiary/aromatic N) is 12. The van der Waals surface area contributed by atoms with Crippen LogP contribution in [-0.2, 0) is 39.1 Å². The number of nitrogens with two attached hydrogens (primary N) is 1. The standard InChI is InChI=1S/C27H31ClN8O5S.C25H28ClN7O4S.C7H13NO3/c1-16-13-36-24(31-26(16)34-14-17(11-29)23(15-34)41-25(37)12-30)10-21(32-36)22-5-3-4-8-35(22)27(38)19-9-18(28)6-7-20(19)33-42(2,39)40;1-15-12-33-23(28-24(15)31-13-16(11-27)22(34)14-31)10-20(29-33)21-5-3-4-8-32(21)25(35)18-9-17(26)6-7-19(18)30-38(2,36)37;1-7(2,3)11-6(10)8-4-5-9/h6-7,9-10,13,17,22-23,33H,3-5,8,12,14-15,30H2,1-2H3;6-7,9-10,12,16,21-22,30,34H,3-5,8,13-14H2,1-2H3;5H,4H2,1-3H3,(H,8,10)/t17-,22+,23+;16-,21+,22+;/m11./s1. The Hall–Kier alpha value is -8.39. The maximum absolute atomic E-state index is 13.8. The second-order valence-corrected chi connectivity index (χ2v) is 27.9. The van der Waals surface area contributed by atoms with Gasteiger partial charge in [0.2, 0.25) is 20.0 Å². The Kier molecular flexibility index (Phi) is 21.7. The van der Waals surface area contributed by atoms with E-state index in [1.165, 1.54) is 36.4 Å². The molecule has 10 rings (SSSR count). The molecule has 6 atom stereocenters. The summed E-state index contributed by atoms with van der Waals surface area (Å²) in [5, 5.41) is 41.5. The molecule has 4 aliphatic heterocycles. The minimum absolute atomic E-state index is 0.00505. The average Bonchev–Trinajstić information content (AvgIpc) is 1.70. The third-order valence-electron chi connectivity index (χ3n) is 15.1. The number of aromatic nitrogens is 6. The monoisotopic (exact) mass is 1330 g/mol. The van der Waals surface area contributed by atoms with E-state index in [0.29, 0.717) is 103 Å². The van der Waals surface area contributed by atoms with Gasteiger partial charge in [-0.3, -0.25) is 23.8 Å². The van der Waals surface area contributed by atoms with Gasteiger partial charge in [-0.2, -0.15) is 20.7 Å². The lowest BCUT2D eigenvalue weighted by Gasteiger charge is -2.35. The number of hydrogen-bond donors (Lipinski definition) is 5. The van der Waals surface area contributed by atoms with Gasteiger partial charge in [-0.25, -0.2) is 40.6 Å². The van der Waals surface area contributed by atoms with Crippen molar-refractivity contribution in [2.45, 2.75) is 103 Å². The first-order valence-electron chi connectivity index (χ1n) is 29.1. The van der Waals surface area contributed by atoms with Crippen LogP contribution in [0.4, 0.5) is 27.8 Å². The maximum Gasteiger partial charge on any atom is 0.408 e. The number of anilines is 4. The largest absolute Gasteiger partial charge is 0.458 e. The van der Waals surface area contributed by atoms with Crippen molar-refractivity contribution in [1.82, 2.24) is 44.3 Å². The minimum Gasteiger partial charge on any atom is -0.458 e. The van der Waals surface area contributed by atoms with Gasteiger partial charge in [0, 0.05) is 78.4 Å². The van der Waals surface area contributed by atoms with Gasteiger partial charge in [-0.15, -0.1) is 0 Å². The number of aliphatic hydroxyl groups is 1. The summed E-state index contributed by atoms with van der Waals surface area (Å²) < 4.78 is 66.1. The number of aldehydes is 1. The van der Waals surface area contributed by atoms with E-state index in [2.05, 4.69) is 26.9 Å². The number of rotatable bonds is 14. The van der Waals surface area contributed by atoms with E-state index >= 15 is 0 Å². The third-order valence-corrected chi connectivity index (χ3v) is 16.8. The molecule has 4 aromatic heterocycles. The maximum atomic E-state index is 13.8. The van der Waals surface area contributed by atoms with Crippen molar-refractivity contribution >= 4 is 108 Å². The Bertz CT molecular complexity index is 4060. The number of alkyl carbamates (subject to hydrolysis) is 1. The van der Waals surface area contributed by atoms with Gasteiger partial charge in [0.05, 0.1) is 102 Å². The third kappa shape index (κ3) is 17.4. The highest BCUT2D eigenvalue weighted by atomic mass is 35.5. The van der Waals surface area contributed by atoms with E-state index in [1.807, 2.05) is 48.2 Å². The molecule has 32 heteroatoms. The Morgan fingerprint density at radius 2 is 1.19 bits per heavy atom. The van der Waals surface area contributed by atoms with Crippen LogP contribution in [0.15, 0.2) is 60.9 Å². The van der Waals surface area contributed by atoms with Crippen molar-refractivity contribution in [3.8, 4) is 12.1 Å². The summed E-state index contributed by atoms with van der Waals surface area (Å²) in [6, 6.07) is 16.3. The number of fused-ring (bicyclic) bond motifs is 2. The lowest BCUT2D eigenvalue weighted by atomic mass is 9.98. The second kappa shape index (κ2) is 28.8. The van der Waals surface area contributed by atoms with Crippen LogP contribution in [0.2, 0.25) is 10.0 Å². The fourth-order valence-corrected chi connectivity index (χ4v) is 12.7. The van der Waals surface area contributed by atoms with E-state index < -0.39 is 61.8 Å². The average molecular weight is 1330 g/mol. The molecular formula is C59H72Cl2N16O12S2. The van der Waals surface area contributed by atoms with Crippen LogP contribution in [-0.4, -0.2) is 174 Å². The van der Waals surface area contributed by atoms with Gasteiger partial charge >= 0.3 is 12.1 Å². The highest BCUT2D eigenvalue weighted by Gasteiger charge is 2.39. The summed E-state index contributed by atoms with van der Waals surface area (Å²) in [6.45, 7) is 11.1. The van der Waals surface area contributed by atoms with Crippen LogP contribution in [0, 0.1) is 48.3 Å². The van der Waals surface area contributed by atoms with E-state index in [4.69, 9.17) is 58.6 Å². The number of sulfonamides is 2.